The summed E-state index contributed by atoms with van der Waals surface area (Å²) in [5.74, 6) is -0.341. The van der Waals surface area contributed by atoms with Crippen LogP contribution in [0, 0.1) is 0 Å². The molecule has 3 aromatic carbocycles. The van der Waals surface area contributed by atoms with Crippen LogP contribution in [0.1, 0.15) is 21.5 Å². The number of ether oxygens (including phenoxy) is 3. The zero-order valence-electron chi connectivity index (χ0n) is 20.3. The van der Waals surface area contributed by atoms with Gasteiger partial charge < -0.3 is 14.2 Å². The summed E-state index contributed by atoms with van der Waals surface area (Å²) < 4.78 is 45.0. The Morgan fingerprint density at radius 2 is 1.71 bits per heavy atom. The van der Waals surface area contributed by atoms with Crippen LogP contribution in [0.25, 0.3) is 0 Å². The van der Waals surface area contributed by atoms with Crippen LogP contribution in [0.2, 0.25) is 5.02 Å². The summed E-state index contributed by atoms with van der Waals surface area (Å²) in [5, 5.41) is 0.308. The van der Waals surface area contributed by atoms with Gasteiger partial charge in [0.15, 0.2) is 11.5 Å². The largest absolute Gasteiger partial charge is 0.496 e. The smallest absolute Gasteiger partial charge is 0.273 e. The van der Waals surface area contributed by atoms with Crippen molar-refractivity contribution in [3.63, 3.8) is 0 Å². The highest BCUT2D eigenvalue weighted by Gasteiger charge is 2.40. The first-order chi connectivity index (χ1) is 18.3. The summed E-state index contributed by atoms with van der Waals surface area (Å²) in [6.07, 6.45) is 0.113. The van der Waals surface area contributed by atoms with Crippen LogP contribution in [0.5, 0.6) is 17.2 Å². The van der Waals surface area contributed by atoms with E-state index in [1.54, 1.807) is 6.07 Å². The van der Waals surface area contributed by atoms with Gasteiger partial charge in [-0.1, -0.05) is 35.9 Å². The Hall–Kier alpha value is -3.80. The second-order valence-electron chi connectivity index (χ2n) is 8.63. The molecule has 5 rings (SSSR count). The van der Waals surface area contributed by atoms with E-state index in [9.17, 15) is 18.0 Å². The van der Waals surface area contributed by atoms with Crippen LogP contribution >= 0.6 is 11.6 Å². The fraction of sp³-hybridized carbons (Fsp3) is 0.231. The molecule has 2 aliphatic heterocycles. The fourth-order valence-electron chi connectivity index (χ4n) is 4.42. The van der Waals surface area contributed by atoms with Gasteiger partial charge >= 0.3 is 0 Å². The molecular formula is C26H24ClN3O7S. The van der Waals surface area contributed by atoms with Gasteiger partial charge in [0, 0.05) is 17.6 Å². The number of carbonyl (C=O) groups excluding carboxylic acids is 2. The number of fused-ring (bicyclic) bond motifs is 2. The minimum absolute atomic E-state index is 0.0267. The van der Waals surface area contributed by atoms with Crippen molar-refractivity contribution in [1.29, 1.82) is 0 Å². The Morgan fingerprint density at radius 3 is 2.47 bits per heavy atom. The molecule has 10 nitrogen and oxygen atoms in total. The average Bonchev–Trinajstić information content (AvgIpc) is 2.94. The van der Waals surface area contributed by atoms with Gasteiger partial charge in [-0.15, -0.1) is 0 Å². The van der Waals surface area contributed by atoms with E-state index in [0.29, 0.717) is 29.7 Å². The van der Waals surface area contributed by atoms with Crippen molar-refractivity contribution >= 4 is 33.4 Å². The fourth-order valence-corrected chi connectivity index (χ4v) is 6.17. The quantitative estimate of drug-likeness (QED) is 0.462. The minimum Gasteiger partial charge on any atom is -0.496 e. The van der Waals surface area contributed by atoms with Gasteiger partial charge in [-0.25, -0.2) is 8.42 Å². The standard InChI is InChI=1S/C26H24ClN3O7S/c1-35-22-8-6-18(27)13-20(22)25(31)28-29-26(32)21-12-16-4-2-3-5-17(16)15-30(21)38(33,34)19-7-9-23-24(14-19)37-11-10-36-23/h2-9,13-14,21H,10-12,15H2,1H3,(H,28,31)(H,29,32)/t21-/m1/s1. The summed E-state index contributed by atoms with van der Waals surface area (Å²) in [5.41, 5.74) is 6.43. The molecule has 1 atom stereocenters. The van der Waals surface area contributed by atoms with Crippen LogP contribution in [-0.4, -0.2) is 50.9 Å². The first-order valence-corrected chi connectivity index (χ1v) is 13.5. The van der Waals surface area contributed by atoms with Gasteiger partial charge in [-0.05, 0) is 47.9 Å². The van der Waals surface area contributed by atoms with Gasteiger partial charge in [-0.2, -0.15) is 4.31 Å². The van der Waals surface area contributed by atoms with Crippen molar-refractivity contribution in [3.8, 4) is 17.2 Å². The summed E-state index contributed by atoms with van der Waals surface area (Å²) in [4.78, 5) is 26.1. The highest BCUT2D eigenvalue weighted by Crippen LogP contribution is 2.35. The normalized spacial score (nSPS) is 16.7. The molecule has 2 aliphatic rings. The number of methoxy groups -OCH3 is 1. The van der Waals surface area contributed by atoms with E-state index in [-0.39, 0.29) is 29.2 Å². The Kier molecular flexibility index (Phi) is 7.15. The first kappa shape index (κ1) is 25.8. The zero-order valence-corrected chi connectivity index (χ0v) is 21.8. The van der Waals surface area contributed by atoms with Crippen LogP contribution in [0.3, 0.4) is 0 Å². The number of hydrazine groups is 1. The number of nitrogens with zero attached hydrogens (tertiary/aromatic N) is 1. The van der Waals surface area contributed by atoms with Crippen molar-refractivity contribution in [2.75, 3.05) is 20.3 Å². The maximum absolute atomic E-state index is 13.8. The molecule has 0 unspecified atom stereocenters. The lowest BCUT2D eigenvalue weighted by atomic mass is 9.95. The second kappa shape index (κ2) is 10.5. The molecule has 198 valence electrons. The van der Waals surface area contributed by atoms with E-state index in [0.717, 1.165) is 15.4 Å². The number of amides is 2. The summed E-state index contributed by atoms with van der Waals surface area (Å²) in [7, 11) is -2.75. The van der Waals surface area contributed by atoms with Gasteiger partial charge in [0.05, 0.1) is 17.6 Å². The summed E-state index contributed by atoms with van der Waals surface area (Å²) in [6, 6.07) is 15.0. The summed E-state index contributed by atoms with van der Waals surface area (Å²) in [6.45, 7) is 0.647. The number of hydrogen-bond donors (Lipinski definition) is 2. The predicted octanol–water partition coefficient (Wildman–Crippen LogP) is 2.70. The van der Waals surface area contributed by atoms with E-state index >= 15 is 0 Å². The van der Waals surface area contributed by atoms with Gasteiger partial charge in [0.25, 0.3) is 11.8 Å². The molecule has 12 heteroatoms. The molecule has 0 saturated carbocycles. The third kappa shape index (κ3) is 5.00. The molecule has 0 bridgehead atoms. The molecule has 0 fully saturated rings. The third-order valence-corrected chi connectivity index (χ3v) is 8.42. The van der Waals surface area contributed by atoms with Gasteiger partial charge in [-0.3, -0.25) is 20.4 Å². The van der Waals surface area contributed by atoms with Crippen LogP contribution < -0.4 is 25.1 Å². The number of sulfonamides is 1. The number of hydrogen-bond acceptors (Lipinski definition) is 7. The van der Waals surface area contributed by atoms with Crippen LogP contribution in [0.15, 0.2) is 65.6 Å². The lowest BCUT2D eigenvalue weighted by Crippen LogP contribution is -2.56. The molecule has 0 radical (unpaired) electrons. The monoisotopic (exact) mass is 557 g/mol. The van der Waals surface area contributed by atoms with Gasteiger partial charge in [0.2, 0.25) is 10.0 Å². The number of nitrogens with one attached hydrogen (secondary N) is 2. The molecule has 0 saturated heterocycles. The maximum atomic E-state index is 13.8. The van der Waals surface area contributed by atoms with Crippen molar-refractivity contribution in [2.24, 2.45) is 0 Å². The van der Waals surface area contributed by atoms with Crippen molar-refractivity contribution in [1.82, 2.24) is 15.2 Å². The Balaban J connectivity index is 1.42. The molecule has 2 heterocycles. The van der Waals surface area contributed by atoms with Crippen molar-refractivity contribution < 1.29 is 32.2 Å². The Bertz CT molecular complexity index is 1510. The first-order valence-electron chi connectivity index (χ1n) is 11.7. The van der Waals surface area contributed by atoms with Crippen LogP contribution in [0.4, 0.5) is 0 Å². The van der Waals surface area contributed by atoms with E-state index in [4.69, 9.17) is 25.8 Å². The lowest BCUT2D eigenvalue weighted by Gasteiger charge is -2.35. The van der Waals surface area contributed by atoms with Gasteiger partial charge in [0.1, 0.15) is 25.0 Å². The topological polar surface area (TPSA) is 123 Å². The molecule has 2 N–H and O–H groups in total. The average molecular weight is 558 g/mol. The molecule has 0 aliphatic carbocycles. The van der Waals surface area contributed by atoms with E-state index < -0.39 is 27.9 Å². The van der Waals surface area contributed by atoms with Crippen molar-refractivity contribution in [3.05, 3.63) is 82.4 Å². The zero-order chi connectivity index (χ0) is 26.9. The molecule has 0 spiro atoms. The molecule has 2 amide bonds. The molecule has 0 aromatic heterocycles. The number of halogens is 1. The van der Waals surface area contributed by atoms with E-state index in [1.807, 2.05) is 24.3 Å². The molecule has 38 heavy (non-hydrogen) atoms. The Labute approximate surface area is 224 Å². The Morgan fingerprint density at radius 1 is 0.974 bits per heavy atom. The molecular weight excluding hydrogens is 534 g/mol. The third-order valence-electron chi connectivity index (χ3n) is 6.33. The highest BCUT2D eigenvalue weighted by molar-refractivity contribution is 7.89. The predicted molar refractivity (Wildman–Crippen MR) is 138 cm³/mol. The number of carbonyl (C=O) groups is 2. The number of rotatable bonds is 5. The summed E-state index contributed by atoms with van der Waals surface area (Å²) >= 11 is 6.01. The van der Waals surface area contributed by atoms with Crippen molar-refractivity contribution in [2.45, 2.75) is 23.9 Å². The lowest BCUT2D eigenvalue weighted by molar-refractivity contribution is -0.126. The second-order valence-corrected chi connectivity index (χ2v) is 11.0. The molecule has 3 aromatic rings. The van der Waals surface area contributed by atoms with E-state index in [1.165, 1.54) is 37.4 Å². The number of benzene rings is 3. The minimum atomic E-state index is -4.15. The van der Waals surface area contributed by atoms with Crippen LogP contribution in [-0.2, 0) is 27.8 Å². The van der Waals surface area contributed by atoms with E-state index in [2.05, 4.69) is 10.9 Å². The SMILES string of the molecule is COc1ccc(Cl)cc1C(=O)NNC(=O)[C@H]1Cc2ccccc2CN1S(=O)(=O)c1ccc2c(c1)OCCO2. The highest BCUT2D eigenvalue weighted by atomic mass is 35.5. The maximum Gasteiger partial charge on any atom is 0.273 e.